The van der Waals surface area contributed by atoms with E-state index in [1.165, 1.54) is 36.4 Å². The number of nitrogens with zero attached hydrogens (tertiary/aromatic N) is 1. The number of hydrogen-bond acceptors (Lipinski definition) is 5. The van der Waals surface area contributed by atoms with Crippen molar-refractivity contribution in [1.29, 1.82) is 0 Å². The molecular formula is C30H31F2NO4. The van der Waals surface area contributed by atoms with E-state index in [0.29, 0.717) is 30.3 Å². The molecular weight excluding hydrogens is 476 g/mol. The number of halogens is 2. The molecule has 0 saturated carbocycles. The minimum absolute atomic E-state index is 0.163. The first kappa shape index (κ1) is 26.4. The molecule has 37 heavy (non-hydrogen) atoms. The Hall–Kier alpha value is -3.68. The Balaban J connectivity index is 1.67. The summed E-state index contributed by atoms with van der Waals surface area (Å²) in [5.74, 6) is 1.15. The maximum Gasteiger partial charge on any atom is 0.173 e. The number of aliphatic hydroxyl groups is 1. The summed E-state index contributed by atoms with van der Waals surface area (Å²) in [5.41, 5.74) is -0.398. The minimum Gasteiger partial charge on any atom is -0.497 e. The molecule has 5 nitrogen and oxygen atoms in total. The highest BCUT2D eigenvalue weighted by molar-refractivity contribution is 5.44. The van der Waals surface area contributed by atoms with Crippen molar-refractivity contribution in [1.82, 2.24) is 4.90 Å². The van der Waals surface area contributed by atoms with Crippen LogP contribution < -0.4 is 9.47 Å². The van der Waals surface area contributed by atoms with Gasteiger partial charge in [0.05, 0.1) is 20.8 Å². The SMILES string of the molecule is COc1cc(CN(Cc2ccc(C(O)(c3cccc(F)c3)c3cccc(F)c3)o2)C(C)C)cc(OC)c1. The first-order valence-electron chi connectivity index (χ1n) is 12.0. The van der Waals surface area contributed by atoms with Crippen molar-refractivity contribution in [3.05, 3.63) is 119 Å². The van der Waals surface area contributed by atoms with E-state index in [0.717, 1.165) is 5.56 Å². The highest BCUT2D eigenvalue weighted by atomic mass is 19.1. The van der Waals surface area contributed by atoms with Crippen LogP contribution in [-0.4, -0.2) is 30.3 Å². The van der Waals surface area contributed by atoms with Gasteiger partial charge in [-0.15, -0.1) is 0 Å². The molecule has 0 radical (unpaired) electrons. The van der Waals surface area contributed by atoms with Crippen molar-refractivity contribution < 1.29 is 27.8 Å². The first-order valence-corrected chi connectivity index (χ1v) is 12.0. The lowest BCUT2D eigenvalue weighted by Gasteiger charge is -2.28. The van der Waals surface area contributed by atoms with Gasteiger partial charge in [-0.2, -0.15) is 0 Å². The molecule has 0 spiro atoms. The first-order chi connectivity index (χ1) is 17.7. The summed E-state index contributed by atoms with van der Waals surface area (Å²) in [7, 11) is 3.23. The Morgan fingerprint density at radius 1 is 0.811 bits per heavy atom. The van der Waals surface area contributed by atoms with Crippen molar-refractivity contribution in [3.8, 4) is 11.5 Å². The van der Waals surface area contributed by atoms with Crippen molar-refractivity contribution >= 4 is 0 Å². The van der Waals surface area contributed by atoms with Crippen LogP contribution in [0.2, 0.25) is 0 Å². The summed E-state index contributed by atoms with van der Waals surface area (Å²) >= 11 is 0. The number of rotatable bonds is 10. The predicted molar refractivity (Wildman–Crippen MR) is 138 cm³/mol. The number of hydrogen-bond donors (Lipinski definition) is 1. The van der Waals surface area contributed by atoms with Gasteiger partial charge in [-0.05, 0) is 79.1 Å². The molecule has 0 saturated heterocycles. The van der Waals surface area contributed by atoms with Crippen LogP contribution in [0.5, 0.6) is 11.5 Å². The zero-order valence-electron chi connectivity index (χ0n) is 21.4. The van der Waals surface area contributed by atoms with Crippen LogP contribution in [0.25, 0.3) is 0 Å². The summed E-state index contributed by atoms with van der Waals surface area (Å²) in [4.78, 5) is 2.19. The second kappa shape index (κ2) is 11.2. The molecule has 0 aliphatic rings. The van der Waals surface area contributed by atoms with Gasteiger partial charge < -0.3 is 19.0 Å². The Morgan fingerprint density at radius 3 is 1.86 bits per heavy atom. The predicted octanol–water partition coefficient (Wildman–Crippen LogP) is 6.27. The molecule has 0 aliphatic heterocycles. The van der Waals surface area contributed by atoms with Gasteiger partial charge in [0.1, 0.15) is 34.7 Å². The van der Waals surface area contributed by atoms with Crippen LogP contribution >= 0.6 is 0 Å². The molecule has 7 heteroatoms. The smallest absolute Gasteiger partial charge is 0.173 e. The highest BCUT2D eigenvalue weighted by Crippen LogP contribution is 2.38. The Kier molecular flexibility index (Phi) is 7.95. The topological polar surface area (TPSA) is 55.1 Å². The van der Waals surface area contributed by atoms with Crippen molar-refractivity contribution in [2.75, 3.05) is 14.2 Å². The average molecular weight is 508 g/mol. The molecule has 0 bridgehead atoms. The highest BCUT2D eigenvalue weighted by Gasteiger charge is 2.38. The number of furan rings is 1. The maximum atomic E-state index is 14.1. The van der Waals surface area contributed by atoms with Crippen molar-refractivity contribution in [2.45, 2.75) is 38.6 Å². The van der Waals surface area contributed by atoms with Crippen LogP contribution in [0.15, 0.2) is 83.3 Å². The minimum atomic E-state index is -1.88. The third kappa shape index (κ3) is 5.84. The normalized spacial score (nSPS) is 11.8. The van der Waals surface area contributed by atoms with Crippen LogP contribution in [0, 0.1) is 11.6 Å². The van der Waals surface area contributed by atoms with Gasteiger partial charge >= 0.3 is 0 Å². The van der Waals surface area contributed by atoms with Crippen LogP contribution in [0.1, 0.15) is 42.1 Å². The van der Waals surface area contributed by atoms with E-state index in [9.17, 15) is 13.9 Å². The standard InChI is InChI=1S/C30H31F2NO4/c1-20(2)33(18-21-13-27(35-3)17-28(14-21)36-4)19-26-11-12-29(37-26)30(34,22-7-5-9-24(31)15-22)23-8-6-10-25(32)16-23/h5-17,20,34H,18-19H2,1-4H3. The van der Waals surface area contributed by atoms with Crippen molar-refractivity contribution in [3.63, 3.8) is 0 Å². The lowest BCUT2D eigenvalue weighted by Crippen LogP contribution is -2.30. The van der Waals surface area contributed by atoms with Gasteiger partial charge in [-0.1, -0.05) is 24.3 Å². The molecule has 3 aromatic carbocycles. The van der Waals surface area contributed by atoms with Gasteiger partial charge in [0.2, 0.25) is 0 Å². The largest absolute Gasteiger partial charge is 0.497 e. The van der Waals surface area contributed by atoms with E-state index in [2.05, 4.69) is 18.7 Å². The van der Waals surface area contributed by atoms with E-state index in [1.807, 2.05) is 18.2 Å². The van der Waals surface area contributed by atoms with Gasteiger partial charge in [-0.3, -0.25) is 4.90 Å². The number of benzene rings is 3. The van der Waals surface area contributed by atoms with E-state index < -0.39 is 17.2 Å². The summed E-state index contributed by atoms with van der Waals surface area (Å²) in [6.07, 6.45) is 0. The Morgan fingerprint density at radius 2 is 1.38 bits per heavy atom. The molecule has 1 N–H and O–H groups in total. The summed E-state index contributed by atoms with van der Waals surface area (Å²) in [6.45, 7) is 5.20. The lowest BCUT2D eigenvalue weighted by molar-refractivity contribution is 0.0934. The third-order valence-electron chi connectivity index (χ3n) is 6.39. The molecule has 194 valence electrons. The van der Waals surface area contributed by atoms with E-state index in [1.54, 1.807) is 38.5 Å². The average Bonchev–Trinajstić information content (AvgIpc) is 3.36. The molecule has 1 heterocycles. The van der Waals surface area contributed by atoms with E-state index in [-0.39, 0.29) is 22.9 Å². The number of methoxy groups -OCH3 is 2. The van der Waals surface area contributed by atoms with E-state index in [4.69, 9.17) is 13.9 Å². The zero-order chi connectivity index (χ0) is 26.6. The molecule has 0 atom stereocenters. The monoisotopic (exact) mass is 507 g/mol. The fourth-order valence-corrected chi connectivity index (χ4v) is 4.35. The van der Waals surface area contributed by atoms with Crippen LogP contribution in [0.3, 0.4) is 0 Å². The van der Waals surface area contributed by atoms with E-state index >= 15 is 0 Å². The molecule has 4 rings (SSSR count). The summed E-state index contributed by atoms with van der Waals surface area (Å²) in [6, 6.07) is 20.5. The quantitative estimate of drug-likeness (QED) is 0.274. The molecule has 0 unspecified atom stereocenters. The van der Waals surface area contributed by atoms with Crippen LogP contribution in [-0.2, 0) is 18.7 Å². The van der Waals surface area contributed by atoms with Crippen molar-refractivity contribution in [2.24, 2.45) is 0 Å². The van der Waals surface area contributed by atoms with Crippen LogP contribution in [0.4, 0.5) is 8.78 Å². The molecule has 1 aromatic heterocycles. The van der Waals surface area contributed by atoms with Gasteiger partial charge in [-0.25, -0.2) is 8.78 Å². The third-order valence-corrected chi connectivity index (χ3v) is 6.39. The Labute approximate surface area is 215 Å². The molecule has 0 fully saturated rings. The molecule has 0 amide bonds. The fraction of sp³-hybridized carbons (Fsp3) is 0.267. The Bertz CT molecular complexity index is 1280. The second-order valence-corrected chi connectivity index (χ2v) is 9.22. The molecule has 0 aliphatic carbocycles. The zero-order valence-corrected chi connectivity index (χ0v) is 21.4. The lowest BCUT2D eigenvalue weighted by atomic mass is 9.84. The molecule has 4 aromatic rings. The van der Waals surface area contributed by atoms with Gasteiger partial charge in [0, 0.05) is 18.7 Å². The van der Waals surface area contributed by atoms with Gasteiger partial charge in [0.25, 0.3) is 0 Å². The second-order valence-electron chi connectivity index (χ2n) is 9.22. The van der Waals surface area contributed by atoms with Gasteiger partial charge in [0.15, 0.2) is 5.60 Å². The summed E-state index contributed by atoms with van der Waals surface area (Å²) in [5, 5.41) is 11.9. The maximum absolute atomic E-state index is 14.1. The number of ether oxygens (including phenoxy) is 2. The summed E-state index contributed by atoms with van der Waals surface area (Å²) < 4.78 is 45.3. The fourth-order valence-electron chi connectivity index (χ4n) is 4.35.